The van der Waals surface area contributed by atoms with E-state index in [4.69, 9.17) is 23.4 Å². The molecule has 0 atom stereocenters. The summed E-state index contributed by atoms with van der Waals surface area (Å²) in [5.41, 5.74) is -1.56. The fourth-order valence-corrected chi connectivity index (χ4v) is 3.52. The summed E-state index contributed by atoms with van der Waals surface area (Å²) in [5.74, 6) is -2.62. The van der Waals surface area contributed by atoms with E-state index in [-0.39, 0.29) is 36.7 Å². The minimum absolute atomic E-state index is 0.0206. The zero-order valence-electron chi connectivity index (χ0n) is 20.7. The van der Waals surface area contributed by atoms with Crippen LogP contribution in [0.5, 0.6) is 5.75 Å². The first-order valence-corrected chi connectivity index (χ1v) is 11.6. The number of fused-ring (bicyclic) bond motifs is 1. The molecule has 3 aromatic rings. The Hall–Kier alpha value is -4.47. The van der Waals surface area contributed by atoms with Gasteiger partial charge in [0.05, 0.1) is 13.2 Å². The lowest BCUT2D eigenvalue weighted by Gasteiger charge is -2.26. The predicted molar refractivity (Wildman–Crippen MR) is 133 cm³/mol. The Morgan fingerprint density at radius 2 is 1.65 bits per heavy atom. The monoisotopic (exact) mass is 509 g/mol. The lowest BCUT2D eigenvalue weighted by Crippen LogP contribution is -2.49. The van der Waals surface area contributed by atoms with Gasteiger partial charge >= 0.3 is 23.5 Å². The Kier molecular flexibility index (Phi) is 9.15. The molecule has 10 nitrogen and oxygen atoms in total. The Morgan fingerprint density at radius 3 is 2.27 bits per heavy atom. The van der Waals surface area contributed by atoms with Gasteiger partial charge in [0.2, 0.25) is 0 Å². The Bertz CT molecular complexity index is 1330. The second-order valence-electron chi connectivity index (χ2n) is 7.85. The van der Waals surface area contributed by atoms with Crippen LogP contribution in [0.2, 0.25) is 0 Å². The van der Waals surface area contributed by atoms with E-state index in [9.17, 15) is 19.2 Å². The molecule has 0 spiro atoms. The number of aliphatic imine (C=N–C) groups is 1. The molecule has 0 N–H and O–H groups in total. The average Bonchev–Trinajstić information content (AvgIpc) is 2.86. The quantitative estimate of drug-likeness (QED) is 0.0953. The third-order valence-corrected chi connectivity index (χ3v) is 5.17. The van der Waals surface area contributed by atoms with E-state index in [1.165, 1.54) is 31.2 Å². The highest BCUT2D eigenvalue weighted by Gasteiger charge is 2.50. The van der Waals surface area contributed by atoms with Gasteiger partial charge in [-0.05, 0) is 37.1 Å². The zero-order chi connectivity index (χ0) is 26.8. The number of nitrogens with zero attached hydrogens (tertiary/aromatic N) is 1. The SMILES string of the molecule is CCOC(=O)C(Cc1cc2ccc(=O)oc2cc1OC(C)=O)(/N=C/OCc1ccccc1)C(=O)OCC. The summed E-state index contributed by atoms with van der Waals surface area (Å²) in [4.78, 5) is 54.1. The van der Waals surface area contributed by atoms with Crippen LogP contribution >= 0.6 is 0 Å². The molecule has 0 unspecified atom stereocenters. The molecular formula is C27H27NO9. The summed E-state index contributed by atoms with van der Waals surface area (Å²) in [6.07, 6.45) is 0.611. The van der Waals surface area contributed by atoms with Crippen molar-refractivity contribution in [3.05, 3.63) is 76.1 Å². The maximum absolute atomic E-state index is 13.2. The summed E-state index contributed by atoms with van der Waals surface area (Å²) in [7, 11) is 0. The molecule has 1 heterocycles. The van der Waals surface area contributed by atoms with Crippen LogP contribution in [-0.2, 0) is 41.6 Å². The van der Waals surface area contributed by atoms with Gasteiger partial charge in [0.1, 0.15) is 17.9 Å². The van der Waals surface area contributed by atoms with Crippen LogP contribution in [-0.4, -0.2) is 43.1 Å². The molecule has 0 saturated heterocycles. The molecule has 10 heteroatoms. The third kappa shape index (κ3) is 6.81. The second kappa shape index (κ2) is 12.5. The summed E-state index contributed by atoms with van der Waals surface area (Å²) in [6.45, 7) is 4.45. The first-order valence-electron chi connectivity index (χ1n) is 11.6. The fourth-order valence-electron chi connectivity index (χ4n) is 3.52. The van der Waals surface area contributed by atoms with E-state index in [2.05, 4.69) is 4.99 Å². The van der Waals surface area contributed by atoms with Crippen LogP contribution in [0.3, 0.4) is 0 Å². The fraction of sp³-hybridized carbons (Fsp3) is 0.296. The van der Waals surface area contributed by atoms with E-state index in [1.807, 2.05) is 30.3 Å². The highest BCUT2D eigenvalue weighted by atomic mass is 16.6. The topological polar surface area (TPSA) is 131 Å². The van der Waals surface area contributed by atoms with E-state index in [0.29, 0.717) is 5.39 Å². The Balaban J connectivity index is 2.09. The van der Waals surface area contributed by atoms with Crippen molar-refractivity contribution in [2.75, 3.05) is 13.2 Å². The lowest BCUT2D eigenvalue weighted by molar-refractivity contribution is -0.163. The predicted octanol–water partition coefficient (Wildman–Crippen LogP) is 3.37. The van der Waals surface area contributed by atoms with Gasteiger partial charge in [0.25, 0.3) is 5.54 Å². The smallest absolute Gasteiger partial charge is 0.346 e. The number of hydrogen-bond acceptors (Lipinski definition) is 10. The van der Waals surface area contributed by atoms with Crippen LogP contribution < -0.4 is 10.4 Å². The van der Waals surface area contributed by atoms with Crippen molar-refractivity contribution in [3.63, 3.8) is 0 Å². The van der Waals surface area contributed by atoms with E-state index in [1.54, 1.807) is 13.8 Å². The largest absolute Gasteiger partial charge is 0.479 e. The van der Waals surface area contributed by atoms with Gasteiger partial charge in [-0.25, -0.2) is 19.4 Å². The molecule has 1 aromatic heterocycles. The van der Waals surface area contributed by atoms with Crippen LogP contribution in [0.15, 0.2) is 68.8 Å². The van der Waals surface area contributed by atoms with Crippen LogP contribution in [0.1, 0.15) is 31.9 Å². The molecule has 0 aliphatic carbocycles. The lowest BCUT2D eigenvalue weighted by atomic mass is 9.90. The van der Waals surface area contributed by atoms with Crippen LogP contribution in [0.25, 0.3) is 11.0 Å². The van der Waals surface area contributed by atoms with Crippen molar-refractivity contribution in [1.82, 2.24) is 0 Å². The number of ether oxygens (including phenoxy) is 4. The molecular weight excluding hydrogens is 482 g/mol. The van der Waals surface area contributed by atoms with Gasteiger partial charge in [-0.2, -0.15) is 0 Å². The molecule has 0 amide bonds. The van der Waals surface area contributed by atoms with Crippen molar-refractivity contribution in [3.8, 4) is 5.75 Å². The third-order valence-electron chi connectivity index (χ3n) is 5.17. The molecule has 2 aromatic carbocycles. The van der Waals surface area contributed by atoms with Crippen LogP contribution in [0.4, 0.5) is 0 Å². The second-order valence-corrected chi connectivity index (χ2v) is 7.85. The van der Waals surface area contributed by atoms with Crippen molar-refractivity contribution >= 4 is 35.3 Å². The van der Waals surface area contributed by atoms with Crippen molar-refractivity contribution in [2.24, 2.45) is 4.99 Å². The van der Waals surface area contributed by atoms with E-state index in [0.717, 1.165) is 12.0 Å². The number of benzene rings is 2. The number of carbonyl (C=O) groups excluding carboxylic acids is 3. The number of rotatable bonds is 11. The van der Waals surface area contributed by atoms with Gasteiger partial charge in [0, 0.05) is 30.9 Å². The highest BCUT2D eigenvalue weighted by Crippen LogP contribution is 2.32. The molecule has 3 rings (SSSR count). The Morgan fingerprint density at radius 1 is 0.973 bits per heavy atom. The zero-order valence-corrected chi connectivity index (χ0v) is 20.7. The minimum Gasteiger partial charge on any atom is -0.479 e. The standard InChI is InChI=1S/C27H27NO9/c1-4-34-25(31)27(26(32)35-5-2,28-17-33-16-19-9-7-6-8-10-19)15-21-13-20-11-12-24(30)37-22(20)14-23(21)36-18(3)29/h6-14,17H,4-5,15-16H2,1-3H3/b28-17+. The molecule has 0 aliphatic heterocycles. The Labute approximate surface area is 212 Å². The summed E-state index contributed by atoms with van der Waals surface area (Å²) in [5, 5.41) is 0.469. The molecule has 0 aliphatic rings. The molecule has 0 bridgehead atoms. The van der Waals surface area contributed by atoms with E-state index >= 15 is 0 Å². The van der Waals surface area contributed by atoms with Gasteiger partial charge in [-0.3, -0.25) is 4.79 Å². The van der Waals surface area contributed by atoms with Gasteiger partial charge < -0.3 is 23.4 Å². The van der Waals surface area contributed by atoms with Crippen molar-refractivity contribution in [1.29, 1.82) is 0 Å². The molecule has 0 saturated carbocycles. The van der Waals surface area contributed by atoms with Gasteiger partial charge in [0.15, 0.2) is 6.40 Å². The molecule has 0 fully saturated rings. The van der Waals surface area contributed by atoms with Crippen LogP contribution in [0, 0.1) is 0 Å². The number of carbonyl (C=O) groups is 3. The summed E-state index contributed by atoms with van der Waals surface area (Å²) >= 11 is 0. The highest BCUT2D eigenvalue weighted by molar-refractivity contribution is 6.06. The average molecular weight is 510 g/mol. The van der Waals surface area contributed by atoms with E-state index < -0.39 is 35.5 Å². The van der Waals surface area contributed by atoms with Gasteiger partial charge in [-0.1, -0.05) is 30.3 Å². The minimum atomic E-state index is -2.21. The molecule has 194 valence electrons. The first kappa shape index (κ1) is 27.1. The summed E-state index contributed by atoms with van der Waals surface area (Å²) < 4.78 is 26.4. The first-order chi connectivity index (χ1) is 17.8. The summed E-state index contributed by atoms with van der Waals surface area (Å²) in [6, 6.07) is 14.8. The normalized spacial score (nSPS) is 11.3. The maximum Gasteiger partial charge on any atom is 0.346 e. The van der Waals surface area contributed by atoms with Crippen molar-refractivity contribution < 1.29 is 37.7 Å². The van der Waals surface area contributed by atoms with Crippen molar-refractivity contribution in [2.45, 2.75) is 39.3 Å². The number of hydrogen-bond donors (Lipinski definition) is 0. The maximum atomic E-state index is 13.2. The molecule has 0 radical (unpaired) electrons. The number of esters is 3. The molecule has 37 heavy (non-hydrogen) atoms. The van der Waals surface area contributed by atoms with Gasteiger partial charge in [-0.15, -0.1) is 0 Å².